The summed E-state index contributed by atoms with van der Waals surface area (Å²) in [5.41, 5.74) is 0. The summed E-state index contributed by atoms with van der Waals surface area (Å²) in [6.45, 7) is 7.34. The van der Waals surface area contributed by atoms with Gasteiger partial charge in [-0.05, 0) is 17.9 Å². The monoisotopic (exact) mass is 195 g/mol. The summed E-state index contributed by atoms with van der Waals surface area (Å²) in [5.74, 6) is 2.80. The van der Waals surface area contributed by atoms with Crippen molar-refractivity contribution in [2.24, 2.45) is 0 Å². The molecule has 1 fully saturated rings. The van der Waals surface area contributed by atoms with Crippen molar-refractivity contribution in [1.29, 1.82) is 0 Å². The van der Waals surface area contributed by atoms with Gasteiger partial charge in [-0.15, -0.1) is 23.5 Å². The summed E-state index contributed by atoms with van der Waals surface area (Å²) in [6.07, 6.45) is 1.42. The molecule has 0 saturated carbocycles. The molecule has 0 aromatic rings. The van der Waals surface area contributed by atoms with E-state index in [0.29, 0.717) is 0 Å². The lowest BCUT2D eigenvalue weighted by Gasteiger charge is -2.26. The van der Waals surface area contributed by atoms with Crippen LogP contribution < -0.4 is 0 Å². The summed E-state index contributed by atoms with van der Waals surface area (Å²) in [4.78, 5) is 0. The topological polar surface area (TPSA) is 0 Å². The molecule has 1 heterocycles. The van der Waals surface area contributed by atoms with Crippen molar-refractivity contribution < 1.29 is 0 Å². The predicted molar refractivity (Wildman–Crippen MR) is 58.0 cm³/mol. The van der Waals surface area contributed by atoms with Crippen LogP contribution in [0.4, 0.5) is 0 Å². The SMILES string of the molecule is C[P+](C)(C)C1SCCCS1. The lowest BCUT2D eigenvalue weighted by molar-refractivity contribution is 1.11. The summed E-state index contributed by atoms with van der Waals surface area (Å²) in [7, 11) is -0.565. The van der Waals surface area contributed by atoms with Crippen LogP contribution in [-0.4, -0.2) is 35.8 Å². The minimum atomic E-state index is -0.565. The van der Waals surface area contributed by atoms with Gasteiger partial charge in [0.2, 0.25) is 0 Å². The molecule has 0 aliphatic carbocycles. The Kier molecular flexibility index (Phi) is 3.40. The predicted octanol–water partition coefficient (Wildman–Crippen LogP) is 3.05. The number of hydrogen-bond donors (Lipinski definition) is 0. The average Bonchev–Trinajstić information content (AvgIpc) is 1.88. The molecule has 1 saturated heterocycles. The molecule has 10 heavy (non-hydrogen) atoms. The van der Waals surface area contributed by atoms with Gasteiger partial charge in [0.05, 0.1) is 20.0 Å². The van der Waals surface area contributed by atoms with Crippen molar-refractivity contribution in [3.8, 4) is 0 Å². The lowest BCUT2D eigenvalue weighted by atomic mass is 10.6. The van der Waals surface area contributed by atoms with Crippen molar-refractivity contribution in [2.75, 3.05) is 31.5 Å². The van der Waals surface area contributed by atoms with E-state index in [1.807, 2.05) is 0 Å². The molecule has 0 spiro atoms. The van der Waals surface area contributed by atoms with E-state index < -0.39 is 7.26 Å². The highest BCUT2D eigenvalue weighted by atomic mass is 32.2. The molecular weight excluding hydrogens is 179 g/mol. The van der Waals surface area contributed by atoms with Gasteiger partial charge in [-0.25, -0.2) is 0 Å². The van der Waals surface area contributed by atoms with Gasteiger partial charge >= 0.3 is 0 Å². The van der Waals surface area contributed by atoms with Gasteiger partial charge in [-0.2, -0.15) is 0 Å². The Hall–Kier alpha value is 1.13. The van der Waals surface area contributed by atoms with Crippen LogP contribution in [0.15, 0.2) is 0 Å². The van der Waals surface area contributed by atoms with Crippen LogP contribution in [0.3, 0.4) is 0 Å². The third kappa shape index (κ3) is 2.64. The molecule has 0 unspecified atom stereocenters. The number of thioether (sulfide) groups is 2. The molecule has 0 N–H and O–H groups in total. The molecule has 0 radical (unpaired) electrons. The van der Waals surface area contributed by atoms with Crippen LogP contribution in [0.25, 0.3) is 0 Å². The molecule has 0 amide bonds. The van der Waals surface area contributed by atoms with Crippen molar-refractivity contribution in [3.63, 3.8) is 0 Å². The van der Waals surface area contributed by atoms with Crippen LogP contribution in [-0.2, 0) is 0 Å². The molecule has 0 nitrogen and oxygen atoms in total. The van der Waals surface area contributed by atoms with Crippen LogP contribution in [0, 0.1) is 0 Å². The van der Waals surface area contributed by atoms with Gasteiger partial charge in [0.15, 0.2) is 4.32 Å². The van der Waals surface area contributed by atoms with Gasteiger partial charge in [0.25, 0.3) is 0 Å². The Morgan fingerprint density at radius 2 is 1.60 bits per heavy atom. The van der Waals surface area contributed by atoms with Gasteiger partial charge in [0.1, 0.15) is 0 Å². The second kappa shape index (κ2) is 3.69. The fourth-order valence-electron chi connectivity index (χ4n) is 0.923. The van der Waals surface area contributed by atoms with E-state index in [1.165, 1.54) is 17.9 Å². The van der Waals surface area contributed by atoms with Crippen LogP contribution in [0.5, 0.6) is 0 Å². The second-order valence-corrected chi connectivity index (χ2v) is 11.7. The summed E-state index contributed by atoms with van der Waals surface area (Å²) in [5, 5.41) is 0. The average molecular weight is 195 g/mol. The highest BCUT2D eigenvalue weighted by Gasteiger charge is 2.33. The zero-order valence-electron chi connectivity index (χ0n) is 6.96. The first kappa shape index (κ1) is 9.22. The summed E-state index contributed by atoms with van der Waals surface area (Å²) in [6, 6.07) is 0. The highest BCUT2D eigenvalue weighted by molar-refractivity contribution is 8.26. The van der Waals surface area contributed by atoms with E-state index in [-0.39, 0.29) is 0 Å². The quantitative estimate of drug-likeness (QED) is 0.590. The Labute approximate surface area is 73.3 Å². The Bertz CT molecular complexity index is 103. The fourth-order valence-corrected chi connectivity index (χ4v) is 7.30. The van der Waals surface area contributed by atoms with E-state index in [4.69, 9.17) is 0 Å². The van der Waals surface area contributed by atoms with Crippen molar-refractivity contribution in [3.05, 3.63) is 0 Å². The van der Waals surface area contributed by atoms with E-state index >= 15 is 0 Å². The molecule has 0 atom stereocenters. The van der Waals surface area contributed by atoms with Gasteiger partial charge in [-0.1, -0.05) is 0 Å². The van der Waals surface area contributed by atoms with E-state index in [9.17, 15) is 0 Å². The van der Waals surface area contributed by atoms with Gasteiger partial charge in [-0.3, -0.25) is 0 Å². The third-order valence-corrected chi connectivity index (χ3v) is 9.83. The molecule has 1 rings (SSSR count). The summed E-state index contributed by atoms with van der Waals surface area (Å²) < 4.78 is 0.946. The largest absolute Gasteiger partial charge is 0.158 e. The third-order valence-electron chi connectivity index (χ3n) is 1.44. The minimum absolute atomic E-state index is 0.565. The zero-order valence-corrected chi connectivity index (χ0v) is 9.49. The fraction of sp³-hybridized carbons (Fsp3) is 1.00. The molecule has 1 aliphatic heterocycles. The molecule has 3 heteroatoms. The zero-order chi connectivity index (χ0) is 7.61. The number of rotatable bonds is 1. The normalized spacial score (nSPS) is 23.1. The number of hydrogen-bond acceptors (Lipinski definition) is 2. The first-order valence-electron chi connectivity index (χ1n) is 3.65. The first-order chi connectivity index (χ1) is 4.61. The molecule has 60 valence electrons. The van der Waals surface area contributed by atoms with Crippen molar-refractivity contribution in [1.82, 2.24) is 0 Å². The van der Waals surface area contributed by atoms with Gasteiger partial charge < -0.3 is 0 Å². The maximum atomic E-state index is 2.45. The van der Waals surface area contributed by atoms with Crippen LogP contribution in [0.2, 0.25) is 0 Å². The van der Waals surface area contributed by atoms with Crippen molar-refractivity contribution >= 4 is 30.8 Å². The Balaban J connectivity index is 2.39. The smallest absolute Gasteiger partial charge is 0.107 e. The maximum absolute atomic E-state index is 2.45. The molecular formula is C7H16PS2+. The summed E-state index contributed by atoms with van der Waals surface area (Å²) >= 11 is 4.36. The Morgan fingerprint density at radius 1 is 1.10 bits per heavy atom. The molecule has 0 bridgehead atoms. The van der Waals surface area contributed by atoms with Crippen molar-refractivity contribution in [2.45, 2.75) is 10.7 Å². The second-order valence-electron chi connectivity index (χ2n) is 3.52. The van der Waals surface area contributed by atoms with Crippen LogP contribution in [0.1, 0.15) is 6.42 Å². The molecule has 0 aromatic heterocycles. The first-order valence-corrected chi connectivity index (χ1v) is 8.95. The molecule has 0 aromatic carbocycles. The Morgan fingerprint density at radius 3 is 1.90 bits per heavy atom. The van der Waals surface area contributed by atoms with Gasteiger partial charge in [0, 0.05) is 7.26 Å². The van der Waals surface area contributed by atoms with E-state index in [0.717, 1.165) is 4.32 Å². The van der Waals surface area contributed by atoms with Crippen LogP contribution >= 0.6 is 30.8 Å². The van der Waals surface area contributed by atoms with E-state index in [1.54, 1.807) is 0 Å². The lowest BCUT2D eigenvalue weighted by Crippen LogP contribution is -2.09. The minimum Gasteiger partial charge on any atom is -0.107 e. The highest BCUT2D eigenvalue weighted by Crippen LogP contribution is 2.62. The van der Waals surface area contributed by atoms with E-state index in [2.05, 4.69) is 43.5 Å². The maximum Gasteiger partial charge on any atom is 0.158 e. The molecule has 1 aliphatic rings. The standard InChI is InChI=1S/C7H16PS2/c1-8(2,3)7-9-5-4-6-10-7/h7H,4-6H2,1-3H3/q+1.